The van der Waals surface area contributed by atoms with Gasteiger partial charge >= 0.3 is 0 Å². The van der Waals surface area contributed by atoms with E-state index in [9.17, 15) is 0 Å². The van der Waals surface area contributed by atoms with Crippen LogP contribution in [0.4, 0.5) is 0 Å². The molecular formula is C16H33N3O. The molecule has 0 radical (unpaired) electrons. The lowest BCUT2D eigenvalue weighted by Gasteiger charge is -2.22. The van der Waals surface area contributed by atoms with Gasteiger partial charge in [0.2, 0.25) is 0 Å². The van der Waals surface area contributed by atoms with E-state index in [0.29, 0.717) is 5.84 Å². The molecule has 0 aromatic rings. The molecule has 0 amide bonds. The highest BCUT2D eigenvalue weighted by molar-refractivity contribution is 5.85. The van der Waals surface area contributed by atoms with Gasteiger partial charge in [-0.1, -0.05) is 51.1 Å². The standard InChI is InChI=1S/C16H33N3O/c1-16(2,15(17)19-20)11-5-6-12-18-13-7-10-14-8-3-4-9-14/h14,18,20H,3-13H2,1-2H3,(H2,17,19). The van der Waals surface area contributed by atoms with Crippen LogP contribution >= 0.6 is 0 Å². The normalized spacial score (nSPS) is 17.8. The Morgan fingerprint density at radius 3 is 2.50 bits per heavy atom. The highest BCUT2D eigenvalue weighted by Gasteiger charge is 2.22. The minimum Gasteiger partial charge on any atom is -0.409 e. The van der Waals surface area contributed by atoms with E-state index in [1.807, 2.05) is 13.8 Å². The lowest BCUT2D eigenvalue weighted by molar-refractivity contribution is 0.304. The Bertz CT molecular complexity index is 283. The molecule has 0 heterocycles. The molecule has 118 valence electrons. The van der Waals surface area contributed by atoms with Crippen LogP contribution in [0.3, 0.4) is 0 Å². The number of nitrogens with zero attached hydrogens (tertiary/aromatic N) is 1. The Balaban J connectivity index is 1.91. The predicted octanol–water partition coefficient (Wildman–Crippen LogP) is 3.49. The summed E-state index contributed by atoms with van der Waals surface area (Å²) in [6.07, 6.45) is 11.8. The van der Waals surface area contributed by atoms with E-state index in [2.05, 4.69) is 10.5 Å². The smallest absolute Gasteiger partial charge is 0.144 e. The molecule has 1 fully saturated rings. The van der Waals surface area contributed by atoms with E-state index >= 15 is 0 Å². The van der Waals surface area contributed by atoms with Crippen LogP contribution in [0.25, 0.3) is 0 Å². The van der Waals surface area contributed by atoms with E-state index in [-0.39, 0.29) is 5.41 Å². The van der Waals surface area contributed by atoms with Gasteiger partial charge < -0.3 is 16.3 Å². The highest BCUT2D eigenvalue weighted by Crippen LogP contribution is 2.28. The maximum atomic E-state index is 8.71. The van der Waals surface area contributed by atoms with Gasteiger partial charge in [0, 0.05) is 5.41 Å². The molecule has 4 nitrogen and oxygen atoms in total. The van der Waals surface area contributed by atoms with Crippen molar-refractivity contribution < 1.29 is 5.21 Å². The van der Waals surface area contributed by atoms with Gasteiger partial charge in [-0.15, -0.1) is 0 Å². The summed E-state index contributed by atoms with van der Waals surface area (Å²) in [6, 6.07) is 0. The van der Waals surface area contributed by atoms with Crippen LogP contribution in [0.5, 0.6) is 0 Å². The fourth-order valence-corrected chi connectivity index (χ4v) is 3.02. The Morgan fingerprint density at radius 2 is 1.85 bits per heavy atom. The quantitative estimate of drug-likeness (QED) is 0.189. The maximum Gasteiger partial charge on any atom is 0.144 e. The second-order valence-electron chi connectivity index (χ2n) is 6.87. The number of amidine groups is 1. The number of nitrogens with two attached hydrogens (primary N) is 1. The first-order valence-corrected chi connectivity index (χ1v) is 8.25. The van der Waals surface area contributed by atoms with Gasteiger partial charge in [0.1, 0.15) is 5.84 Å². The number of hydrogen-bond acceptors (Lipinski definition) is 3. The minimum atomic E-state index is -0.197. The predicted molar refractivity (Wildman–Crippen MR) is 85.1 cm³/mol. The molecular weight excluding hydrogens is 250 g/mol. The highest BCUT2D eigenvalue weighted by atomic mass is 16.4. The fraction of sp³-hybridized carbons (Fsp3) is 0.938. The molecule has 0 spiro atoms. The Labute approximate surface area is 124 Å². The van der Waals surface area contributed by atoms with Crippen LogP contribution in [-0.4, -0.2) is 24.1 Å². The number of unbranched alkanes of at least 4 members (excludes halogenated alkanes) is 1. The zero-order chi connectivity index (χ0) is 14.8. The second-order valence-corrected chi connectivity index (χ2v) is 6.87. The van der Waals surface area contributed by atoms with E-state index in [0.717, 1.165) is 38.3 Å². The summed E-state index contributed by atoms with van der Waals surface area (Å²) in [7, 11) is 0. The van der Waals surface area contributed by atoms with Gasteiger partial charge in [-0.2, -0.15) is 0 Å². The fourth-order valence-electron chi connectivity index (χ4n) is 3.02. The summed E-state index contributed by atoms with van der Waals surface area (Å²) >= 11 is 0. The number of hydrogen-bond donors (Lipinski definition) is 3. The van der Waals surface area contributed by atoms with Crippen molar-refractivity contribution in [2.24, 2.45) is 22.2 Å². The third kappa shape index (κ3) is 6.60. The molecule has 0 saturated heterocycles. The summed E-state index contributed by atoms with van der Waals surface area (Å²) in [5, 5.41) is 15.4. The summed E-state index contributed by atoms with van der Waals surface area (Å²) in [5.74, 6) is 1.35. The average molecular weight is 283 g/mol. The molecule has 4 heteroatoms. The lowest BCUT2D eigenvalue weighted by Crippen LogP contribution is -2.32. The van der Waals surface area contributed by atoms with Crippen LogP contribution in [0.1, 0.15) is 71.6 Å². The average Bonchev–Trinajstić information content (AvgIpc) is 2.93. The maximum absolute atomic E-state index is 8.71. The van der Waals surface area contributed by atoms with Crippen molar-refractivity contribution in [1.82, 2.24) is 5.32 Å². The third-order valence-electron chi connectivity index (χ3n) is 4.65. The molecule has 0 atom stereocenters. The van der Waals surface area contributed by atoms with Crippen LogP contribution in [0.15, 0.2) is 5.16 Å². The molecule has 1 aliphatic carbocycles. The second kappa shape index (κ2) is 9.22. The number of nitrogens with one attached hydrogen (secondary N) is 1. The van der Waals surface area contributed by atoms with E-state index in [4.69, 9.17) is 10.9 Å². The monoisotopic (exact) mass is 283 g/mol. The van der Waals surface area contributed by atoms with Crippen molar-refractivity contribution in [3.05, 3.63) is 0 Å². The van der Waals surface area contributed by atoms with Gasteiger partial charge in [0.15, 0.2) is 0 Å². The zero-order valence-electron chi connectivity index (χ0n) is 13.3. The van der Waals surface area contributed by atoms with Gasteiger partial charge in [-0.05, 0) is 44.7 Å². The molecule has 0 unspecified atom stereocenters. The summed E-state index contributed by atoms with van der Waals surface area (Å²) in [5.41, 5.74) is 5.48. The molecule has 4 N–H and O–H groups in total. The summed E-state index contributed by atoms with van der Waals surface area (Å²) in [6.45, 7) is 6.28. The first-order valence-electron chi connectivity index (χ1n) is 8.25. The van der Waals surface area contributed by atoms with Gasteiger partial charge in [0.25, 0.3) is 0 Å². The van der Waals surface area contributed by atoms with Gasteiger partial charge in [-0.25, -0.2) is 0 Å². The minimum absolute atomic E-state index is 0.197. The van der Waals surface area contributed by atoms with E-state index < -0.39 is 0 Å². The summed E-state index contributed by atoms with van der Waals surface area (Å²) in [4.78, 5) is 0. The first kappa shape index (κ1) is 17.3. The van der Waals surface area contributed by atoms with Crippen molar-refractivity contribution in [3.63, 3.8) is 0 Å². The molecule has 1 rings (SSSR count). The molecule has 0 bridgehead atoms. The Hall–Kier alpha value is -0.770. The number of rotatable bonds is 10. The van der Waals surface area contributed by atoms with Crippen molar-refractivity contribution in [3.8, 4) is 0 Å². The van der Waals surface area contributed by atoms with Crippen LogP contribution in [0.2, 0.25) is 0 Å². The zero-order valence-corrected chi connectivity index (χ0v) is 13.3. The van der Waals surface area contributed by atoms with Crippen LogP contribution < -0.4 is 11.1 Å². The molecule has 1 saturated carbocycles. The van der Waals surface area contributed by atoms with E-state index in [1.54, 1.807) is 0 Å². The van der Waals surface area contributed by atoms with Gasteiger partial charge in [0.05, 0.1) is 0 Å². The van der Waals surface area contributed by atoms with Crippen molar-refractivity contribution >= 4 is 5.84 Å². The Kier molecular flexibility index (Phi) is 7.97. The van der Waals surface area contributed by atoms with Gasteiger partial charge in [-0.3, -0.25) is 0 Å². The third-order valence-corrected chi connectivity index (χ3v) is 4.65. The van der Waals surface area contributed by atoms with Crippen LogP contribution in [-0.2, 0) is 0 Å². The molecule has 0 aromatic heterocycles. The largest absolute Gasteiger partial charge is 0.409 e. The molecule has 1 aliphatic rings. The van der Waals surface area contributed by atoms with Crippen molar-refractivity contribution in [1.29, 1.82) is 0 Å². The van der Waals surface area contributed by atoms with Crippen molar-refractivity contribution in [2.45, 2.75) is 71.6 Å². The first-order chi connectivity index (χ1) is 9.56. The molecule has 0 aliphatic heterocycles. The van der Waals surface area contributed by atoms with Crippen molar-refractivity contribution in [2.75, 3.05) is 13.1 Å². The van der Waals surface area contributed by atoms with Crippen LogP contribution in [0, 0.1) is 11.3 Å². The lowest BCUT2D eigenvalue weighted by atomic mass is 9.86. The molecule has 20 heavy (non-hydrogen) atoms. The number of oxime groups is 1. The molecule has 0 aromatic carbocycles. The van der Waals surface area contributed by atoms with E-state index in [1.165, 1.54) is 38.5 Å². The summed E-state index contributed by atoms with van der Waals surface area (Å²) < 4.78 is 0. The Morgan fingerprint density at radius 1 is 1.20 bits per heavy atom. The topological polar surface area (TPSA) is 70.6 Å². The SMILES string of the molecule is CC(C)(CCCCNCCCC1CCCC1)C(N)=NO.